The van der Waals surface area contributed by atoms with Crippen molar-refractivity contribution in [3.63, 3.8) is 0 Å². The first-order valence-corrected chi connectivity index (χ1v) is 6.17. The Balaban J connectivity index is 2.23. The molecule has 2 aromatic rings. The van der Waals surface area contributed by atoms with Gasteiger partial charge in [-0.3, -0.25) is 4.98 Å². The van der Waals surface area contributed by atoms with Crippen LogP contribution in [0, 0.1) is 18.3 Å². The number of pyridine rings is 1. The molecule has 1 aromatic heterocycles. The Morgan fingerprint density at radius 2 is 2.21 bits per heavy atom. The lowest BCUT2D eigenvalue weighted by Crippen LogP contribution is -2.01. The predicted octanol–water partition coefficient (Wildman–Crippen LogP) is 3.25. The maximum atomic E-state index is 9.36. The zero-order valence-corrected chi connectivity index (χ0v) is 11.1. The van der Waals surface area contributed by atoms with Gasteiger partial charge < -0.3 is 4.74 Å². The van der Waals surface area contributed by atoms with Crippen LogP contribution < -0.4 is 4.74 Å². The van der Waals surface area contributed by atoms with Gasteiger partial charge in [0.1, 0.15) is 5.75 Å². The Bertz CT molecular complexity index is 587. The topological polar surface area (TPSA) is 45.9 Å². The summed E-state index contributed by atoms with van der Waals surface area (Å²) >= 11 is 0. The predicted molar refractivity (Wildman–Crippen MR) is 74.0 cm³/mol. The van der Waals surface area contributed by atoms with E-state index in [1.54, 1.807) is 19.5 Å². The van der Waals surface area contributed by atoms with Crippen molar-refractivity contribution in [2.45, 2.75) is 19.3 Å². The van der Waals surface area contributed by atoms with Crippen LogP contribution >= 0.6 is 0 Å². The molecule has 1 heterocycles. The van der Waals surface area contributed by atoms with Crippen molar-refractivity contribution in [3.8, 4) is 11.8 Å². The SMILES string of the molecule is COc1ccc(C(C#N)Cc2cccnc2)cc1C. The zero-order chi connectivity index (χ0) is 13.7. The van der Waals surface area contributed by atoms with Crippen molar-refractivity contribution < 1.29 is 4.74 Å². The van der Waals surface area contributed by atoms with Gasteiger partial charge >= 0.3 is 0 Å². The zero-order valence-electron chi connectivity index (χ0n) is 11.1. The summed E-state index contributed by atoms with van der Waals surface area (Å²) in [5.74, 6) is 0.690. The molecule has 0 N–H and O–H groups in total. The Kier molecular flexibility index (Phi) is 4.15. The highest BCUT2D eigenvalue weighted by molar-refractivity contribution is 5.39. The van der Waals surface area contributed by atoms with Gasteiger partial charge in [-0.1, -0.05) is 18.2 Å². The summed E-state index contributed by atoms with van der Waals surface area (Å²) in [6, 6.07) is 12.1. The van der Waals surface area contributed by atoms with E-state index in [4.69, 9.17) is 4.74 Å². The van der Waals surface area contributed by atoms with Crippen LogP contribution in [-0.4, -0.2) is 12.1 Å². The van der Waals surface area contributed by atoms with E-state index in [9.17, 15) is 5.26 Å². The summed E-state index contributed by atoms with van der Waals surface area (Å²) in [6.07, 6.45) is 4.22. The minimum Gasteiger partial charge on any atom is -0.496 e. The van der Waals surface area contributed by atoms with E-state index in [2.05, 4.69) is 11.1 Å². The maximum Gasteiger partial charge on any atom is 0.121 e. The molecule has 1 unspecified atom stereocenters. The number of nitrogens with zero attached hydrogens (tertiary/aromatic N) is 2. The lowest BCUT2D eigenvalue weighted by molar-refractivity contribution is 0.411. The summed E-state index contributed by atoms with van der Waals surface area (Å²) in [5, 5.41) is 9.36. The third-order valence-corrected chi connectivity index (χ3v) is 3.14. The van der Waals surface area contributed by atoms with E-state index in [1.807, 2.05) is 37.3 Å². The van der Waals surface area contributed by atoms with Crippen LogP contribution in [0.1, 0.15) is 22.6 Å². The highest BCUT2D eigenvalue weighted by Gasteiger charge is 2.13. The van der Waals surface area contributed by atoms with Crippen LogP contribution in [-0.2, 0) is 6.42 Å². The van der Waals surface area contributed by atoms with Crippen LogP contribution in [0.15, 0.2) is 42.7 Å². The quantitative estimate of drug-likeness (QED) is 0.839. The van der Waals surface area contributed by atoms with E-state index < -0.39 is 0 Å². The number of ether oxygens (including phenoxy) is 1. The number of aryl methyl sites for hydroxylation is 1. The fourth-order valence-corrected chi connectivity index (χ4v) is 2.11. The Morgan fingerprint density at radius 3 is 2.79 bits per heavy atom. The summed E-state index contributed by atoms with van der Waals surface area (Å²) in [6.45, 7) is 1.99. The average Bonchev–Trinajstić information content (AvgIpc) is 2.46. The largest absolute Gasteiger partial charge is 0.496 e. The van der Waals surface area contributed by atoms with Gasteiger partial charge in [0, 0.05) is 12.4 Å². The first-order valence-electron chi connectivity index (χ1n) is 6.17. The number of benzene rings is 1. The molecule has 0 amide bonds. The van der Waals surface area contributed by atoms with Crippen LogP contribution in [0.3, 0.4) is 0 Å². The standard InChI is InChI=1S/C16H16N2O/c1-12-8-14(5-6-16(12)19-2)15(10-17)9-13-4-3-7-18-11-13/h3-8,11,15H,9H2,1-2H3. The molecule has 0 spiro atoms. The van der Waals surface area contributed by atoms with Crippen molar-refractivity contribution in [3.05, 3.63) is 59.4 Å². The summed E-state index contributed by atoms with van der Waals surface area (Å²) in [4.78, 5) is 4.08. The van der Waals surface area contributed by atoms with Gasteiger partial charge in [0.25, 0.3) is 0 Å². The molecule has 1 atom stereocenters. The monoisotopic (exact) mass is 252 g/mol. The summed E-state index contributed by atoms with van der Waals surface area (Å²) in [7, 11) is 1.65. The fourth-order valence-electron chi connectivity index (χ4n) is 2.11. The number of hydrogen-bond donors (Lipinski definition) is 0. The van der Waals surface area contributed by atoms with Crippen LogP contribution in [0.5, 0.6) is 5.75 Å². The van der Waals surface area contributed by atoms with Crippen molar-refractivity contribution in [2.24, 2.45) is 0 Å². The maximum absolute atomic E-state index is 9.36. The van der Waals surface area contributed by atoms with Gasteiger partial charge in [0.15, 0.2) is 0 Å². The lowest BCUT2D eigenvalue weighted by atomic mass is 9.93. The molecule has 1 aromatic carbocycles. The number of aromatic nitrogens is 1. The molecule has 0 fully saturated rings. The van der Waals surface area contributed by atoms with E-state index in [0.29, 0.717) is 6.42 Å². The smallest absolute Gasteiger partial charge is 0.121 e. The molecule has 19 heavy (non-hydrogen) atoms. The molecule has 0 radical (unpaired) electrons. The summed E-state index contributed by atoms with van der Waals surface area (Å²) < 4.78 is 5.24. The highest BCUT2D eigenvalue weighted by Crippen LogP contribution is 2.25. The Labute approximate surface area is 113 Å². The minimum absolute atomic E-state index is 0.159. The molecule has 96 valence electrons. The molecule has 0 aliphatic rings. The fraction of sp³-hybridized carbons (Fsp3) is 0.250. The highest BCUT2D eigenvalue weighted by atomic mass is 16.5. The molecule has 0 aliphatic heterocycles. The van der Waals surface area contributed by atoms with Crippen LogP contribution in [0.2, 0.25) is 0 Å². The molecule has 2 rings (SSSR count). The average molecular weight is 252 g/mol. The first kappa shape index (κ1) is 13.1. The molecule has 0 saturated carbocycles. The number of nitriles is 1. The molecule has 0 saturated heterocycles. The third-order valence-electron chi connectivity index (χ3n) is 3.14. The molecule has 0 aliphatic carbocycles. The van der Waals surface area contributed by atoms with Gasteiger partial charge in [-0.05, 0) is 42.2 Å². The summed E-state index contributed by atoms with van der Waals surface area (Å²) in [5.41, 5.74) is 3.14. The van der Waals surface area contributed by atoms with E-state index in [-0.39, 0.29) is 5.92 Å². The van der Waals surface area contributed by atoms with Gasteiger partial charge in [-0.25, -0.2) is 0 Å². The van der Waals surface area contributed by atoms with Gasteiger partial charge in [0.2, 0.25) is 0 Å². The molecule has 0 bridgehead atoms. The van der Waals surface area contributed by atoms with Crippen molar-refractivity contribution in [2.75, 3.05) is 7.11 Å². The van der Waals surface area contributed by atoms with E-state index >= 15 is 0 Å². The van der Waals surface area contributed by atoms with Crippen LogP contribution in [0.4, 0.5) is 0 Å². The molecule has 3 nitrogen and oxygen atoms in total. The molecular formula is C16H16N2O. The van der Waals surface area contributed by atoms with Gasteiger partial charge in [0.05, 0.1) is 19.1 Å². The minimum atomic E-state index is -0.159. The van der Waals surface area contributed by atoms with Gasteiger partial charge in [-0.2, -0.15) is 5.26 Å². The van der Waals surface area contributed by atoms with Gasteiger partial charge in [-0.15, -0.1) is 0 Å². The van der Waals surface area contributed by atoms with Crippen molar-refractivity contribution in [1.82, 2.24) is 4.98 Å². The van der Waals surface area contributed by atoms with Crippen molar-refractivity contribution in [1.29, 1.82) is 5.26 Å². The third kappa shape index (κ3) is 3.11. The first-order chi connectivity index (χ1) is 9.24. The second kappa shape index (κ2) is 6.01. The molecule has 3 heteroatoms. The van der Waals surface area contributed by atoms with E-state index in [0.717, 1.165) is 22.4 Å². The number of hydrogen-bond acceptors (Lipinski definition) is 3. The normalized spacial score (nSPS) is 11.6. The Morgan fingerprint density at radius 1 is 1.37 bits per heavy atom. The van der Waals surface area contributed by atoms with E-state index in [1.165, 1.54) is 0 Å². The Hall–Kier alpha value is -2.34. The lowest BCUT2D eigenvalue weighted by Gasteiger charge is -2.12. The molecular weight excluding hydrogens is 236 g/mol. The number of rotatable bonds is 4. The van der Waals surface area contributed by atoms with Crippen LogP contribution in [0.25, 0.3) is 0 Å². The number of methoxy groups -OCH3 is 1. The van der Waals surface area contributed by atoms with Crippen molar-refractivity contribution >= 4 is 0 Å². The second-order valence-corrected chi connectivity index (χ2v) is 4.48. The second-order valence-electron chi connectivity index (χ2n) is 4.48.